The van der Waals surface area contributed by atoms with Crippen molar-refractivity contribution in [3.05, 3.63) is 21.6 Å². The van der Waals surface area contributed by atoms with E-state index in [0.717, 1.165) is 10.0 Å². The number of hydrogen-bond donors (Lipinski definition) is 0. The zero-order chi connectivity index (χ0) is 9.30. The first-order valence-corrected chi connectivity index (χ1v) is 4.21. The predicted molar refractivity (Wildman–Crippen MR) is 47.2 cm³/mol. The minimum absolute atomic E-state index is 0.266. The Morgan fingerprint density at radius 3 is 2.42 bits per heavy atom. The molecule has 0 aliphatic rings. The molecule has 0 aliphatic carbocycles. The van der Waals surface area contributed by atoms with Gasteiger partial charge < -0.3 is 9.15 Å². The number of aryl methyl sites for hydroxylation is 1. The second-order valence-electron chi connectivity index (χ2n) is 2.42. The summed E-state index contributed by atoms with van der Waals surface area (Å²) in [5.74, 6) is 0.510. The predicted octanol–water partition coefficient (Wildman–Crippen LogP) is 2.45. The Morgan fingerprint density at radius 1 is 1.50 bits per heavy atom. The van der Waals surface area contributed by atoms with Crippen LogP contribution in [0.1, 0.15) is 21.9 Å². The third kappa shape index (κ3) is 1.39. The van der Waals surface area contributed by atoms with Crippen molar-refractivity contribution in [2.45, 2.75) is 13.8 Å². The van der Waals surface area contributed by atoms with E-state index in [4.69, 9.17) is 4.42 Å². The molecule has 0 atom stereocenters. The molecule has 0 bridgehead atoms. The van der Waals surface area contributed by atoms with Gasteiger partial charge in [0.15, 0.2) is 0 Å². The van der Waals surface area contributed by atoms with E-state index in [9.17, 15) is 4.79 Å². The molecule has 0 radical (unpaired) electrons. The Kier molecular flexibility index (Phi) is 2.57. The smallest absolute Gasteiger partial charge is 0.374 e. The van der Waals surface area contributed by atoms with Crippen molar-refractivity contribution in [2.24, 2.45) is 0 Å². The maximum atomic E-state index is 11.1. The lowest BCUT2D eigenvalue weighted by Crippen LogP contribution is -2.00. The Morgan fingerprint density at radius 2 is 2.08 bits per heavy atom. The fraction of sp³-hybridized carbons (Fsp3) is 0.375. The highest BCUT2D eigenvalue weighted by molar-refractivity contribution is 9.10. The molecule has 0 saturated heterocycles. The highest BCUT2D eigenvalue weighted by atomic mass is 79.9. The molecular formula is C8H9BrO3. The number of ether oxygens (including phenoxy) is 1. The van der Waals surface area contributed by atoms with Gasteiger partial charge in [-0.3, -0.25) is 0 Å². The zero-order valence-electron chi connectivity index (χ0n) is 7.10. The maximum Gasteiger partial charge on any atom is 0.374 e. The van der Waals surface area contributed by atoms with Gasteiger partial charge in [0.05, 0.1) is 11.6 Å². The van der Waals surface area contributed by atoms with E-state index >= 15 is 0 Å². The summed E-state index contributed by atoms with van der Waals surface area (Å²) < 4.78 is 10.5. The van der Waals surface area contributed by atoms with Crippen molar-refractivity contribution < 1.29 is 13.9 Å². The average Bonchev–Trinajstić information content (AvgIpc) is 2.32. The Balaban J connectivity index is 3.17. The van der Waals surface area contributed by atoms with Gasteiger partial charge in [0.2, 0.25) is 5.76 Å². The van der Waals surface area contributed by atoms with Crippen LogP contribution in [0.4, 0.5) is 0 Å². The van der Waals surface area contributed by atoms with Crippen molar-refractivity contribution in [3.63, 3.8) is 0 Å². The SMILES string of the molecule is COC(=O)c1oc(C)c(Br)c1C. The molecule has 1 aromatic rings. The lowest BCUT2D eigenvalue weighted by molar-refractivity contribution is 0.0562. The van der Waals surface area contributed by atoms with Crippen molar-refractivity contribution in [3.8, 4) is 0 Å². The van der Waals surface area contributed by atoms with E-state index in [-0.39, 0.29) is 5.76 Å². The minimum atomic E-state index is -0.443. The number of hydrogen-bond acceptors (Lipinski definition) is 3. The van der Waals surface area contributed by atoms with Gasteiger partial charge in [0.1, 0.15) is 5.76 Å². The van der Waals surface area contributed by atoms with Crippen molar-refractivity contribution >= 4 is 21.9 Å². The summed E-state index contributed by atoms with van der Waals surface area (Å²) in [6.07, 6.45) is 0. The summed E-state index contributed by atoms with van der Waals surface area (Å²) in [6, 6.07) is 0. The lowest BCUT2D eigenvalue weighted by atomic mass is 10.3. The van der Waals surface area contributed by atoms with E-state index in [1.54, 1.807) is 13.8 Å². The maximum absolute atomic E-state index is 11.1. The second kappa shape index (κ2) is 3.31. The second-order valence-corrected chi connectivity index (χ2v) is 3.21. The lowest BCUT2D eigenvalue weighted by Gasteiger charge is -1.94. The number of furan rings is 1. The molecule has 0 N–H and O–H groups in total. The standard InChI is InChI=1S/C8H9BrO3/c1-4-6(9)5(2)12-7(4)8(10)11-3/h1-3H3. The first kappa shape index (κ1) is 9.32. The van der Waals surface area contributed by atoms with E-state index < -0.39 is 5.97 Å². The van der Waals surface area contributed by atoms with Crippen LogP contribution in [0.25, 0.3) is 0 Å². The third-order valence-electron chi connectivity index (χ3n) is 1.60. The summed E-state index contributed by atoms with van der Waals surface area (Å²) in [4.78, 5) is 11.1. The number of carbonyl (C=O) groups excluding carboxylic acids is 1. The molecule has 0 amide bonds. The third-order valence-corrected chi connectivity index (χ3v) is 2.76. The average molecular weight is 233 g/mol. The Bertz CT molecular complexity index is 314. The van der Waals surface area contributed by atoms with Gasteiger partial charge in [0.25, 0.3) is 0 Å². The molecule has 0 aliphatic heterocycles. The molecule has 12 heavy (non-hydrogen) atoms. The molecule has 1 aromatic heterocycles. The van der Waals surface area contributed by atoms with Gasteiger partial charge in [0, 0.05) is 5.56 Å². The quantitative estimate of drug-likeness (QED) is 0.699. The summed E-state index contributed by atoms with van der Waals surface area (Å²) in [7, 11) is 1.33. The van der Waals surface area contributed by atoms with Crippen molar-refractivity contribution in [1.29, 1.82) is 0 Å². The van der Waals surface area contributed by atoms with Crippen LogP contribution in [-0.4, -0.2) is 13.1 Å². The van der Waals surface area contributed by atoms with Crippen molar-refractivity contribution in [1.82, 2.24) is 0 Å². The van der Waals surface area contributed by atoms with Crippen LogP contribution in [0.15, 0.2) is 8.89 Å². The normalized spacial score (nSPS) is 10.0. The molecule has 0 spiro atoms. The minimum Gasteiger partial charge on any atom is -0.463 e. The first-order chi connectivity index (χ1) is 5.57. The molecule has 0 fully saturated rings. The summed E-state index contributed by atoms with van der Waals surface area (Å²) in [5.41, 5.74) is 0.777. The molecule has 1 heterocycles. The summed E-state index contributed by atoms with van der Waals surface area (Å²) >= 11 is 3.30. The van der Waals surface area contributed by atoms with Crippen molar-refractivity contribution in [2.75, 3.05) is 7.11 Å². The molecule has 4 heteroatoms. The van der Waals surface area contributed by atoms with E-state index in [0.29, 0.717) is 5.76 Å². The van der Waals surface area contributed by atoms with Gasteiger partial charge in [-0.2, -0.15) is 0 Å². The number of rotatable bonds is 1. The number of methoxy groups -OCH3 is 1. The molecule has 66 valence electrons. The molecule has 0 unspecified atom stereocenters. The molecule has 1 rings (SSSR count). The van der Waals surface area contributed by atoms with Gasteiger partial charge in [-0.15, -0.1) is 0 Å². The first-order valence-electron chi connectivity index (χ1n) is 3.41. The van der Waals surface area contributed by atoms with Crippen LogP contribution in [0, 0.1) is 13.8 Å². The van der Waals surface area contributed by atoms with Gasteiger partial charge >= 0.3 is 5.97 Å². The zero-order valence-corrected chi connectivity index (χ0v) is 8.69. The highest BCUT2D eigenvalue weighted by Crippen LogP contribution is 2.26. The van der Waals surface area contributed by atoms with Crippen LogP contribution in [0.5, 0.6) is 0 Å². The van der Waals surface area contributed by atoms with Gasteiger partial charge in [-0.1, -0.05) is 0 Å². The molecule has 0 saturated carbocycles. The Labute approximate surface area is 78.8 Å². The largest absolute Gasteiger partial charge is 0.463 e. The fourth-order valence-electron chi connectivity index (χ4n) is 0.926. The highest BCUT2D eigenvalue weighted by Gasteiger charge is 2.18. The monoisotopic (exact) mass is 232 g/mol. The summed E-state index contributed by atoms with van der Waals surface area (Å²) in [5, 5.41) is 0. The van der Waals surface area contributed by atoms with Crippen LogP contribution in [-0.2, 0) is 4.74 Å². The number of halogens is 1. The van der Waals surface area contributed by atoms with Gasteiger partial charge in [-0.05, 0) is 29.8 Å². The van der Waals surface area contributed by atoms with Crippen LogP contribution in [0.3, 0.4) is 0 Å². The van der Waals surface area contributed by atoms with Gasteiger partial charge in [-0.25, -0.2) is 4.79 Å². The topological polar surface area (TPSA) is 39.4 Å². The number of carbonyl (C=O) groups is 1. The Hall–Kier alpha value is -0.770. The van der Waals surface area contributed by atoms with Crippen LogP contribution >= 0.6 is 15.9 Å². The fourth-order valence-corrected chi connectivity index (χ4v) is 1.19. The van der Waals surface area contributed by atoms with E-state index in [1.807, 2.05) is 0 Å². The molecule has 0 aromatic carbocycles. The summed E-state index contributed by atoms with van der Waals surface area (Å²) in [6.45, 7) is 3.58. The van der Waals surface area contributed by atoms with E-state index in [1.165, 1.54) is 7.11 Å². The number of esters is 1. The van der Waals surface area contributed by atoms with E-state index in [2.05, 4.69) is 20.7 Å². The van der Waals surface area contributed by atoms with Crippen LogP contribution in [0.2, 0.25) is 0 Å². The van der Waals surface area contributed by atoms with Crippen LogP contribution < -0.4 is 0 Å². The molecule has 3 nitrogen and oxygen atoms in total. The molecular weight excluding hydrogens is 224 g/mol.